The third kappa shape index (κ3) is 4.20. The lowest BCUT2D eigenvalue weighted by molar-refractivity contribution is -0.385. The van der Waals surface area contributed by atoms with Gasteiger partial charge in [0.2, 0.25) is 0 Å². The highest BCUT2D eigenvalue weighted by Gasteiger charge is 2.24. The molecule has 1 aromatic carbocycles. The van der Waals surface area contributed by atoms with Gasteiger partial charge in [-0.1, -0.05) is 26.0 Å². The van der Waals surface area contributed by atoms with E-state index in [9.17, 15) is 14.9 Å². The summed E-state index contributed by atoms with van der Waals surface area (Å²) in [5, 5.41) is 13.8. The quantitative estimate of drug-likeness (QED) is 0.497. The molecule has 0 saturated heterocycles. The van der Waals surface area contributed by atoms with Crippen molar-refractivity contribution >= 4 is 23.2 Å². The zero-order valence-electron chi connectivity index (χ0n) is 11.9. The predicted octanol–water partition coefficient (Wildman–Crippen LogP) is 3.29. The number of hydrogen-bond donors (Lipinski definition) is 1. The van der Waals surface area contributed by atoms with Gasteiger partial charge >= 0.3 is 0 Å². The Hall–Kier alpha value is -1.62. The van der Waals surface area contributed by atoms with Crippen molar-refractivity contribution in [2.24, 2.45) is 5.41 Å². The molecule has 1 aromatic rings. The average Bonchev–Trinajstić information content (AvgIpc) is 2.35. The van der Waals surface area contributed by atoms with Crippen molar-refractivity contribution in [3.8, 4) is 0 Å². The van der Waals surface area contributed by atoms with Crippen LogP contribution in [0.5, 0.6) is 0 Å². The first-order chi connectivity index (χ1) is 9.28. The minimum absolute atomic E-state index is 0.0941. The van der Waals surface area contributed by atoms with Crippen LogP contribution in [0.3, 0.4) is 0 Å². The minimum Gasteiger partial charge on any atom is -0.351 e. The standard InChI is InChI=1S/C14H19ClN2O3/c1-10-5-4-6-11(12(10)17(19)20)13(18)16-9-14(2,3)7-8-15/h4-6H,7-9H2,1-3H3,(H,16,18). The zero-order chi connectivity index (χ0) is 15.3. The summed E-state index contributed by atoms with van der Waals surface area (Å²) in [4.78, 5) is 22.7. The molecule has 0 spiro atoms. The third-order valence-electron chi connectivity index (χ3n) is 3.16. The highest BCUT2D eigenvalue weighted by Crippen LogP contribution is 2.24. The monoisotopic (exact) mass is 298 g/mol. The number of nitro benzene ring substituents is 1. The first-order valence-electron chi connectivity index (χ1n) is 6.36. The van der Waals surface area contributed by atoms with Crippen molar-refractivity contribution < 1.29 is 9.72 Å². The van der Waals surface area contributed by atoms with Gasteiger partial charge in [-0.05, 0) is 24.8 Å². The van der Waals surface area contributed by atoms with Gasteiger partial charge in [0.15, 0.2) is 0 Å². The highest BCUT2D eigenvalue weighted by atomic mass is 35.5. The van der Waals surface area contributed by atoms with Crippen molar-refractivity contribution in [2.75, 3.05) is 12.4 Å². The number of benzene rings is 1. The van der Waals surface area contributed by atoms with Gasteiger partial charge in [0.05, 0.1) is 4.92 Å². The number of amides is 1. The first-order valence-corrected chi connectivity index (χ1v) is 6.90. The van der Waals surface area contributed by atoms with Crippen LogP contribution in [0.15, 0.2) is 18.2 Å². The van der Waals surface area contributed by atoms with E-state index in [1.165, 1.54) is 6.07 Å². The third-order valence-corrected chi connectivity index (χ3v) is 3.35. The SMILES string of the molecule is Cc1cccc(C(=O)NCC(C)(C)CCCl)c1[N+](=O)[O-]. The lowest BCUT2D eigenvalue weighted by Gasteiger charge is -2.23. The largest absolute Gasteiger partial charge is 0.351 e. The summed E-state index contributed by atoms with van der Waals surface area (Å²) in [6, 6.07) is 4.72. The van der Waals surface area contributed by atoms with Gasteiger partial charge in [-0.2, -0.15) is 0 Å². The fraction of sp³-hybridized carbons (Fsp3) is 0.500. The number of nitrogens with one attached hydrogen (secondary N) is 1. The molecule has 0 aromatic heterocycles. The summed E-state index contributed by atoms with van der Waals surface area (Å²) in [5.41, 5.74) is 0.287. The van der Waals surface area contributed by atoms with Crippen molar-refractivity contribution in [3.63, 3.8) is 0 Å². The van der Waals surface area contributed by atoms with Crippen molar-refractivity contribution in [1.82, 2.24) is 5.32 Å². The Balaban J connectivity index is 2.89. The van der Waals surface area contributed by atoms with E-state index in [4.69, 9.17) is 11.6 Å². The summed E-state index contributed by atoms with van der Waals surface area (Å²) in [6.45, 7) is 6.01. The molecule has 0 bridgehead atoms. The Morgan fingerprint density at radius 2 is 2.10 bits per heavy atom. The van der Waals surface area contributed by atoms with Crippen molar-refractivity contribution in [1.29, 1.82) is 0 Å². The lowest BCUT2D eigenvalue weighted by Crippen LogP contribution is -2.34. The van der Waals surface area contributed by atoms with Crippen LogP contribution in [0, 0.1) is 22.5 Å². The lowest BCUT2D eigenvalue weighted by atomic mass is 9.90. The second-order valence-corrected chi connectivity index (χ2v) is 5.89. The highest BCUT2D eigenvalue weighted by molar-refractivity contribution is 6.17. The summed E-state index contributed by atoms with van der Waals surface area (Å²) in [5.74, 6) is 0.0797. The number of carbonyl (C=O) groups is 1. The average molecular weight is 299 g/mol. The van der Waals surface area contributed by atoms with E-state index in [1.54, 1.807) is 19.1 Å². The Morgan fingerprint density at radius 1 is 1.45 bits per heavy atom. The second kappa shape index (κ2) is 6.70. The van der Waals surface area contributed by atoms with E-state index in [-0.39, 0.29) is 16.7 Å². The van der Waals surface area contributed by atoms with Crippen molar-refractivity contribution in [3.05, 3.63) is 39.4 Å². The molecule has 0 fully saturated rings. The molecular formula is C14H19ClN2O3. The van der Waals surface area contributed by atoms with E-state index in [2.05, 4.69) is 5.32 Å². The van der Waals surface area contributed by atoms with Crippen LogP contribution in [0.4, 0.5) is 5.69 Å². The molecule has 1 N–H and O–H groups in total. The van der Waals surface area contributed by atoms with E-state index >= 15 is 0 Å². The van der Waals surface area contributed by atoms with Gasteiger partial charge in [-0.15, -0.1) is 11.6 Å². The summed E-state index contributed by atoms with van der Waals surface area (Å²) in [7, 11) is 0. The van der Waals surface area contributed by atoms with E-state index in [0.29, 0.717) is 18.0 Å². The zero-order valence-corrected chi connectivity index (χ0v) is 12.7. The first kappa shape index (κ1) is 16.4. The normalized spacial score (nSPS) is 11.2. The number of halogens is 1. The fourth-order valence-electron chi connectivity index (χ4n) is 1.84. The van der Waals surface area contributed by atoms with Crippen LogP contribution in [0.25, 0.3) is 0 Å². The molecule has 0 unspecified atom stereocenters. The second-order valence-electron chi connectivity index (χ2n) is 5.51. The number of carbonyl (C=O) groups excluding carboxylic acids is 1. The van der Waals surface area contributed by atoms with Crippen LogP contribution in [0.1, 0.15) is 36.2 Å². The Morgan fingerprint density at radius 3 is 2.65 bits per heavy atom. The maximum absolute atomic E-state index is 12.1. The van der Waals surface area contributed by atoms with Gasteiger partial charge in [0.25, 0.3) is 11.6 Å². The maximum atomic E-state index is 12.1. The predicted molar refractivity (Wildman–Crippen MR) is 79.3 cm³/mol. The van der Waals surface area contributed by atoms with E-state index in [1.807, 2.05) is 13.8 Å². The van der Waals surface area contributed by atoms with E-state index in [0.717, 1.165) is 6.42 Å². The summed E-state index contributed by atoms with van der Waals surface area (Å²) >= 11 is 5.70. The van der Waals surface area contributed by atoms with Crippen LogP contribution < -0.4 is 5.32 Å². The van der Waals surface area contributed by atoms with Crippen LogP contribution in [0.2, 0.25) is 0 Å². The van der Waals surface area contributed by atoms with Crippen LogP contribution in [-0.4, -0.2) is 23.3 Å². The number of rotatable bonds is 6. The molecule has 0 radical (unpaired) electrons. The summed E-state index contributed by atoms with van der Waals surface area (Å²) < 4.78 is 0. The minimum atomic E-state index is -0.520. The van der Waals surface area contributed by atoms with Crippen molar-refractivity contribution in [2.45, 2.75) is 27.2 Å². The molecule has 0 aliphatic rings. The van der Waals surface area contributed by atoms with Gasteiger partial charge in [0.1, 0.15) is 5.56 Å². The molecule has 0 heterocycles. The molecule has 20 heavy (non-hydrogen) atoms. The molecule has 0 aliphatic carbocycles. The van der Waals surface area contributed by atoms with E-state index < -0.39 is 10.8 Å². The van der Waals surface area contributed by atoms with Crippen LogP contribution in [-0.2, 0) is 0 Å². The number of hydrogen-bond acceptors (Lipinski definition) is 3. The molecule has 110 valence electrons. The van der Waals surface area contributed by atoms with Crippen LogP contribution >= 0.6 is 11.6 Å². The number of nitro groups is 1. The molecule has 1 amide bonds. The van der Waals surface area contributed by atoms with Gasteiger partial charge < -0.3 is 5.32 Å². The van der Waals surface area contributed by atoms with Gasteiger partial charge in [-0.25, -0.2) is 0 Å². The number of alkyl halides is 1. The molecular weight excluding hydrogens is 280 g/mol. The number of nitrogens with zero attached hydrogens (tertiary/aromatic N) is 1. The molecule has 6 heteroatoms. The number of para-hydroxylation sites is 1. The smallest absolute Gasteiger partial charge is 0.285 e. The Bertz CT molecular complexity index is 515. The van der Waals surface area contributed by atoms with Gasteiger partial charge in [0, 0.05) is 18.0 Å². The Kier molecular flexibility index (Phi) is 5.51. The fourth-order valence-corrected chi connectivity index (χ4v) is 2.36. The summed E-state index contributed by atoms with van der Waals surface area (Å²) in [6.07, 6.45) is 0.755. The topological polar surface area (TPSA) is 72.2 Å². The molecule has 0 saturated carbocycles. The van der Waals surface area contributed by atoms with Gasteiger partial charge in [-0.3, -0.25) is 14.9 Å². The molecule has 1 rings (SSSR count). The Labute approximate surface area is 123 Å². The maximum Gasteiger partial charge on any atom is 0.285 e. The molecule has 0 aliphatic heterocycles. The molecule has 5 nitrogen and oxygen atoms in total. The molecule has 0 atom stereocenters. The number of aryl methyl sites for hydroxylation is 1.